The summed E-state index contributed by atoms with van der Waals surface area (Å²) in [7, 11) is 1.39. The van der Waals surface area contributed by atoms with Crippen LogP contribution in [0.1, 0.15) is 15.9 Å². The molecule has 1 aromatic carbocycles. The minimum atomic E-state index is -0.332. The number of hydrogen-bond donors (Lipinski definition) is 1. The number of aromatic amines is 1. The van der Waals surface area contributed by atoms with E-state index in [1.807, 2.05) is 29.1 Å². The Hall–Kier alpha value is -2.56. The second-order valence-electron chi connectivity index (χ2n) is 4.27. The molecule has 0 unspecified atom stereocenters. The summed E-state index contributed by atoms with van der Waals surface area (Å²) >= 11 is 0. The van der Waals surface area contributed by atoms with Gasteiger partial charge >= 0.3 is 5.97 Å². The van der Waals surface area contributed by atoms with Crippen molar-refractivity contribution in [1.29, 1.82) is 0 Å². The predicted molar refractivity (Wildman–Crippen MR) is 71.0 cm³/mol. The van der Waals surface area contributed by atoms with Gasteiger partial charge in [-0.05, 0) is 11.6 Å². The van der Waals surface area contributed by atoms with E-state index in [-0.39, 0.29) is 5.97 Å². The number of imidazole rings is 1. The van der Waals surface area contributed by atoms with Gasteiger partial charge in [0.25, 0.3) is 0 Å². The van der Waals surface area contributed by atoms with E-state index in [1.54, 1.807) is 18.6 Å². The molecule has 5 heteroatoms. The van der Waals surface area contributed by atoms with Crippen molar-refractivity contribution in [1.82, 2.24) is 14.5 Å². The normalized spacial score (nSPS) is 10.8. The van der Waals surface area contributed by atoms with Crippen LogP contribution >= 0.6 is 0 Å². The number of rotatable bonds is 3. The third kappa shape index (κ3) is 1.99. The van der Waals surface area contributed by atoms with E-state index in [1.165, 1.54) is 7.11 Å². The molecule has 0 aliphatic heterocycles. The number of nitrogens with zero attached hydrogens (tertiary/aromatic N) is 2. The maximum Gasteiger partial charge on any atom is 0.339 e. The standard InChI is InChI=1S/C14H13N3O2/c1-19-14(18)12-4-2-3-11-10(7-16-13(11)12)8-17-6-5-15-9-17/h2-7,9,16H,8H2,1H3. The minimum absolute atomic E-state index is 0.332. The fourth-order valence-electron chi connectivity index (χ4n) is 2.20. The van der Waals surface area contributed by atoms with Crippen LogP contribution in [0.2, 0.25) is 0 Å². The molecular formula is C14H13N3O2. The quantitative estimate of drug-likeness (QED) is 0.730. The SMILES string of the molecule is COC(=O)c1cccc2c(Cn3ccnc3)c[nH]c12. The molecule has 0 amide bonds. The van der Waals surface area contributed by atoms with Crippen LogP contribution in [-0.4, -0.2) is 27.6 Å². The number of ether oxygens (including phenoxy) is 1. The van der Waals surface area contributed by atoms with Crippen molar-refractivity contribution in [2.45, 2.75) is 6.54 Å². The molecule has 3 rings (SSSR count). The van der Waals surface area contributed by atoms with Crippen LogP contribution < -0.4 is 0 Å². The van der Waals surface area contributed by atoms with E-state index in [2.05, 4.69) is 9.97 Å². The number of aromatic nitrogens is 3. The first kappa shape index (κ1) is 11.5. The van der Waals surface area contributed by atoms with Gasteiger partial charge in [-0.1, -0.05) is 12.1 Å². The summed E-state index contributed by atoms with van der Waals surface area (Å²) in [6, 6.07) is 5.61. The van der Waals surface area contributed by atoms with Gasteiger partial charge in [-0.25, -0.2) is 9.78 Å². The highest BCUT2D eigenvalue weighted by Crippen LogP contribution is 2.23. The molecule has 2 aromatic heterocycles. The lowest BCUT2D eigenvalue weighted by Crippen LogP contribution is -2.01. The highest BCUT2D eigenvalue weighted by molar-refractivity contribution is 6.03. The van der Waals surface area contributed by atoms with Gasteiger partial charge in [-0.2, -0.15) is 0 Å². The molecule has 0 bridgehead atoms. The summed E-state index contributed by atoms with van der Waals surface area (Å²) in [6.07, 6.45) is 7.33. The minimum Gasteiger partial charge on any atom is -0.465 e. The lowest BCUT2D eigenvalue weighted by atomic mass is 10.1. The summed E-state index contributed by atoms with van der Waals surface area (Å²) in [5, 5.41) is 1.02. The van der Waals surface area contributed by atoms with Gasteiger partial charge in [0.15, 0.2) is 0 Å². The van der Waals surface area contributed by atoms with E-state index in [0.29, 0.717) is 12.1 Å². The summed E-state index contributed by atoms with van der Waals surface area (Å²) in [5.74, 6) is -0.332. The van der Waals surface area contributed by atoms with E-state index in [0.717, 1.165) is 16.5 Å². The summed E-state index contributed by atoms with van der Waals surface area (Å²) in [6.45, 7) is 0.713. The lowest BCUT2D eigenvalue weighted by molar-refractivity contribution is 0.0603. The van der Waals surface area contributed by atoms with Crippen molar-refractivity contribution in [3.8, 4) is 0 Å². The van der Waals surface area contributed by atoms with Gasteiger partial charge in [-0.3, -0.25) is 0 Å². The van der Waals surface area contributed by atoms with Crippen molar-refractivity contribution >= 4 is 16.9 Å². The van der Waals surface area contributed by atoms with E-state index < -0.39 is 0 Å². The molecule has 0 radical (unpaired) electrons. The number of benzene rings is 1. The summed E-state index contributed by atoms with van der Waals surface area (Å²) in [5.41, 5.74) is 2.47. The van der Waals surface area contributed by atoms with Crippen LogP contribution in [0.25, 0.3) is 10.9 Å². The third-order valence-corrected chi connectivity index (χ3v) is 3.12. The third-order valence-electron chi connectivity index (χ3n) is 3.12. The van der Waals surface area contributed by atoms with Gasteiger partial charge in [0.05, 0.1) is 31.1 Å². The Morgan fingerprint density at radius 2 is 2.37 bits per heavy atom. The fraction of sp³-hybridized carbons (Fsp3) is 0.143. The topological polar surface area (TPSA) is 59.9 Å². The number of methoxy groups -OCH3 is 1. The van der Waals surface area contributed by atoms with E-state index in [9.17, 15) is 4.79 Å². The highest BCUT2D eigenvalue weighted by atomic mass is 16.5. The zero-order valence-corrected chi connectivity index (χ0v) is 10.5. The molecule has 0 atom stereocenters. The number of para-hydroxylation sites is 1. The van der Waals surface area contributed by atoms with Crippen LogP contribution in [-0.2, 0) is 11.3 Å². The first-order chi connectivity index (χ1) is 9.29. The van der Waals surface area contributed by atoms with E-state index >= 15 is 0 Å². The summed E-state index contributed by atoms with van der Waals surface area (Å²) in [4.78, 5) is 18.9. The maximum atomic E-state index is 11.7. The fourth-order valence-corrected chi connectivity index (χ4v) is 2.20. The number of carbonyl (C=O) groups is 1. The average molecular weight is 255 g/mol. The molecule has 0 saturated carbocycles. The number of carbonyl (C=O) groups excluding carboxylic acids is 1. The van der Waals surface area contributed by atoms with Gasteiger partial charge in [0.2, 0.25) is 0 Å². The van der Waals surface area contributed by atoms with Crippen LogP contribution in [0.15, 0.2) is 43.1 Å². The van der Waals surface area contributed by atoms with Crippen molar-refractivity contribution in [3.63, 3.8) is 0 Å². The molecule has 0 spiro atoms. The second-order valence-corrected chi connectivity index (χ2v) is 4.27. The highest BCUT2D eigenvalue weighted by Gasteiger charge is 2.13. The Morgan fingerprint density at radius 1 is 1.47 bits per heavy atom. The number of H-pyrrole nitrogens is 1. The van der Waals surface area contributed by atoms with Gasteiger partial charge < -0.3 is 14.3 Å². The largest absolute Gasteiger partial charge is 0.465 e. The zero-order valence-electron chi connectivity index (χ0n) is 10.5. The Bertz CT molecular complexity index is 713. The van der Waals surface area contributed by atoms with Gasteiger partial charge in [0, 0.05) is 24.0 Å². The number of nitrogens with one attached hydrogen (secondary N) is 1. The van der Waals surface area contributed by atoms with Crippen molar-refractivity contribution in [2.75, 3.05) is 7.11 Å². The molecule has 3 aromatic rings. The molecule has 0 aliphatic rings. The molecular weight excluding hydrogens is 242 g/mol. The second kappa shape index (κ2) is 4.61. The number of hydrogen-bond acceptors (Lipinski definition) is 3. The van der Waals surface area contributed by atoms with Crippen molar-refractivity contribution in [2.24, 2.45) is 0 Å². The first-order valence-electron chi connectivity index (χ1n) is 5.92. The maximum absolute atomic E-state index is 11.7. The van der Waals surface area contributed by atoms with Crippen molar-refractivity contribution in [3.05, 3.63) is 54.2 Å². The average Bonchev–Trinajstić information content (AvgIpc) is 3.08. The van der Waals surface area contributed by atoms with Crippen LogP contribution in [0.5, 0.6) is 0 Å². The van der Waals surface area contributed by atoms with Crippen LogP contribution in [0, 0.1) is 0 Å². The molecule has 0 saturated heterocycles. The molecule has 0 fully saturated rings. The lowest BCUT2D eigenvalue weighted by Gasteiger charge is -2.03. The predicted octanol–water partition coefficient (Wildman–Crippen LogP) is 2.20. The van der Waals surface area contributed by atoms with Gasteiger partial charge in [0.1, 0.15) is 0 Å². The molecule has 19 heavy (non-hydrogen) atoms. The zero-order chi connectivity index (χ0) is 13.2. The Kier molecular flexibility index (Phi) is 2.79. The van der Waals surface area contributed by atoms with E-state index in [4.69, 9.17) is 4.74 Å². The molecule has 0 aliphatic carbocycles. The monoisotopic (exact) mass is 255 g/mol. The van der Waals surface area contributed by atoms with Crippen LogP contribution in [0.3, 0.4) is 0 Å². The first-order valence-corrected chi connectivity index (χ1v) is 5.92. The van der Waals surface area contributed by atoms with Gasteiger partial charge in [-0.15, -0.1) is 0 Å². The van der Waals surface area contributed by atoms with Crippen molar-refractivity contribution < 1.29 is 9.53 Å². The van der Waals surface area contributed by atoms with Crippen LogP contribution in [0.4, 0.5) is 0 Å². The Labute approximate surface area is 109 Å². The number of fused-ring (bicyclic) bond motifs is 1. The molecule has 2 heterocycles. The summed E-state index contributed by atoms with van der Waals surface area (Å²) < 4.78 is 6.76. The number of esters is 1. The Morgan fingerprint density at radius 3 is 3.11 bits per heavy atom. The molecule has 5 nitrogen and oxygen atoms in total. The molecule has 96 valence electrons. The Balaban J connectivity index is 2.06. The smallest absolute Gasteiger partial charge is 0.339 e. The molecule has 1 N–H and O–H groups in total.